The molecule has 0 amide bonds. The van der Waals surface area contributed by atoms with Crippen molar-refractivity contribution in [3.8, 4) is 5.75 Å². The van der Waals surface area contributed by atoms with Crippen molar-refractivity contribution in [3.05, 3.63) is 54.1 Å². The van der Waals surface area contributed by atoms with Gasteiger partial charge >= 0.3 is 0 Å². The molecule has 2 aromatic carbocycles. The standard InChI is InChI=1S/C23H33NO3S/c1-3-4-5-6-7-8-9-10-19-27-22-15-13-21(14-16-22)24-28(25,26)23-17-11-20(2)12-18-23/h11-18,24H,3-10,19H2,1-2H3. The number of ether oxygens (including phenoxy) is 1. The van der Waals surface area contributed by atoms with E-state index in [0.717, 1.165) is 17.7 Å². The lowest BCUT2D eigenvalue weighted by atomic mass is 10.1. The second kappa shape index (κ2) is 11.7. The van der Waals surface area contributed by atoms with Crippen LogP contribution in [0.5, 0.6) is 5.75 Å². The minimum absolute atomic E-state index is 0.258. The van der Waals surface area contributed by atoms with E-state index in [0.29, 0.717) is 12.3 Å². The number of hydrogen-bond donors (Lipinski definition) is 1. The Balaban J connectivity index is 1.71. The van der Waals surface area contributed by atoms with Crippen LogP contribution >= 0.6 is 0 Å². The monoisotopic (exact) mass is 403 g/mol. The van der Waals surface area contributed by atoms with Crippen LogP contribution < -0.4 is 9.46 Å². The lowest BCUT2D eigenvalue weighted by Gasteiger charge is -2.10. The molecular formula is C23H33NO3S. The van der Waals surface area contributed by atoms with E-state index in [-0.39, 0.29) is 4.90 Å². The topological polar surface area (TPSA) is 55.4 Å². The third-order valence-electron chi connectivity index (χ3n) is 4.70. The molecule has 2 aromatic rings. The molecule has 5 heteroatoms. The Kier molecular flexibility index (Phi) is 9.35. The fraction of sp³-hybridized carbons (Fsp3) is 0.478. The van der Waals surface area contributed by atoms with Gasteiger partial charge in [0.2, 0.25) is 0 Å². The molecule has 0 aliphatic heterocycles. The molecule has 4 nitrogen and oxygen atoms in total. The van der Waals surface area contributed by atoms with E-state index in [2.05, 4.69) is 11.6 Å². The zero-order valence-corrected chi connectivity index (χ0v) is 17.9. The van der Waals surface area contributed by atoms with Gasteiger partial charge in [0, 0.05) is 5.69 Å². The first kappa shape index (κ1) is 22.3. The molecule has 0 aliphatic rings. The molecule has 0 saturated carbocycles. The quantitative estimate of drug-likeness (QED) is 0.398. The summed E-state index contributed by atoms with van der Waals surface area (Å²) in [7, 11) is -3.57. The van der Waals surface area contributed by atoms with Gasteiger partial charge in [0.1, 0.15) is 5.75 Å². The van der Waals surface area contributed by atoms with Crippen LogP contribution in [0, 0.1) is 6.92 Å². The van der Waals surface area contributed by atoms with Crippen LogP contribution in [-0.2, 0) is 10.0 Å². The molecule has 0 radical (unpaired) electrons. The zero-order chi connectivity index (χ0) is 20.2. The Hall–Kier alpha value is -2.01. The number of hydrogen-bond acceptors (Lipinski definition) is 3. The Labute approximate surface area is 170 Å². The molecule has 0 heterocycles. The maximum absolute atomic E-state index is 12.4. The van der Waals surface area contributed by atoms with Crippen LogP contribution in [0.2, 0.25) is 0 Å². The van der Waals surface area contributed by atoms with Crippen LogP contribution in [0.3, 0.4) is 0 Å². The van der Waals surface area contributed by atoms with Crippen LogP contribution in [0.15, 0.2) is 53.4 Å². The first-order valence-corrected chi connectivity index (χ1v) is 11.8. The SMILES string of the molecule is CCCCCCCCCCOc1ccc(NS(=O)(=O)c2ccc(C)cc2)cc1. The van der Waals surface area contributed by atoms with Gasteiger partial charge in [0.25, 0.3) is 10.0 Å². The first-order valence-electron chi connectivity index (χ1n) is 10.3. The van der Waals surface area contributed by atoms with Gasteiger partial charge in [0.15, 0.2) is 0 Å². The van der Waals surface area contributed by atoms with E-state index in [1.807, 2.05) is 6.92 Å². The fourth-order valence-electron chi connectivity index (χ4n) is 2.98. The summed E-state index contributed by atoms with van der Waals surface area (Å²) in [5.74, 6) is 0.765. The van der Waals surface area contributed by atoms with Crippen LogP contribution in [0.4, 0.5) is 5.69 Å². The highest BCUT2D eigenvalue weighted by molar-refractivity contribution is 7.92. The highest BCUT2D eigenvalue weighted by Crippen LogP contribution is 2.20. The molecule has 0 unspecified atom stereocenters. The number of nitrogens with one attached hydrogen (secondary N) is 1. The molecular weight excluding hydrogens is 370 g/mol. The molecule has 0 spiro atoms. The highest BCUT2D eigenvalue weighted by Gasteiger charge is 2.13. The third kappa shape index (κ3) is 7.93. The maximum atomic E-state index is 12.4. The van der Waals surface area contributed by atoms with Gasteiger partial charge in [-0.3, -0.25) is 4.72 Å². The van der Waals surface area contributed by atoms with Gasteiger partial charge in [-0.2, -0.15) is 0 Å². The number of rotatable bonds is 13. The summed E-state index contributed by atoms with van der Waals surface area (Å²) in [5.41, 5.74) is 1.55. The molecule has 154 valence electrons. The molecule has 1 N–H and O–H groups in total. The zero-order valence-electron chi connectivity index (χ0n) is 17.1. The smallest absolute Gasteiger partial charge is 0.261 e. The maximum Gasteiger partial charge on any atom is 0.261 e. The van der Waals surface area contributed by atoms with Crippen molar-refractivity contribution in [3.63, 3.8) is 0 Å². The van der Waals surface area contributed by atoms with Gasteiger partial charge in [-0.25, -0.2) is 8.42 Å². The van der Waals surface area contributed by atoms with Gasteiger partial charge < -0.3 is 4.74 Å². The van der Waals surface area contributed by atoms with E-state index in [1.54, 1.807) is 48.5 Å². The Bertz CT molecular complexity index is 784. The lowest BCUT2D eigenvalue weighted by molar-refractivity contribution is 0.304. The minimum Gasteiger partial charge on any atom is -0.494 e. The number of aryl methyl sites for hydroxylation is 1. The molecule has 28 heavy (non-hydrogen) atoms. The van der Waals surface area contributed by atoms with Crippen molar-refractivity contribution in [2.45, 2.75) is 70.1 Å². The predicted molar refractivity (Wildman–Crippen MR) is 117 cm³/mol. The van der Waals surface area contributed by atoms with Crippen molar-refractivity contribution in [1.82, 2.24) is 0 Å². The van der Waals surface area contributed by atoms with E-state index in [4.69, 9.17) is 4.74 Å². The van der Waals surface area contributed by atoms with E-state index in [1.165, 1.54) is 44.9 Å². The normalized spacial score (nSPS) is 11.4. The van der Waals surface area contributed by atoms with Gasteiger partial charge in [-0.1, -0.05) is 69.6 Å². The fourth-order valence-corrected chi connectivity index (χ4v) is 4.04. The highest BCUT2D eigenvalue weighted by atomic mass is 32.2. The van der Waals surface area contributed by atoms with E-state index < -0.39 is 10.0 Å². The summed E-state index contributed by atoms with van der Waals surface area (Å²) < 4.78 is 33.2. The molecule has 0 fully saturated rings. The Morgan fingerprint density at radius 3 is 1.96 bits per heavy atom. The second-order valence-corrected chi connectivity index (χ2v) is 8.95. The average molecular weight is 404 g/mol. The third-order valence-corrected chi connectivity index (χ3v) is 6.10. The number of unbranched alkanes of at least 4 members (excludes halogenated alkanes) is 7. The molecule has 0 aliphatic carbocycles. The summed E-state index contributed by atoms with van der Waals surface area (Å²) in [4.78, 5) is 0.258. The van der Waals surface area contributed by atoms with Crippen molar-refractivity contribution >= 4 is 15.7 Å². The molecule has 2 rings (SSSR count). The summed E-state index contributed by atoms with van der Waals surface area (Å²) >= 11 is 0. The molecule has 0 aromatic heterocycles. The lowest BCUT2D eigenvalue weighted by Crippen LogP contribution is -2.12. The van der Waals surface area contributed by atoms with Crippen LogP contribution in [-0.4, -0.2) is 15.0 Å². The largest absolute Gasteiger partial charge is 0.494 e. The van der Waals surface area contributed by atoms with Gasteiger partial charge in [0.05, 0.1) is 11.5 Å². The second-order valence-electron chi connectivity index (χ2n) is 7.27. The Morgan fingerprint density at radius 2 is 1.36 bits per heavy atom. The van der Waals surface area contributed by atoms with Crippen LogP contribution in [0.25, 0.3) is 0 Å². The number of benzene rings is 2. The minimum atomic E-state index is -3.57. The van der Waals surface area contributed by atoms with Crippen LogP contribution in [0.1, 0.15) is 63.9 Å². The van der Waals surface area contributed by atoms with Gasteiger partial charge in [-0.05, 0) is 49.7 Å². The summed E-state index contributed by atoms with van der Waals surface area (Å²) in [6, 6.07) is 13.9. The summed E-state index contributed by atoms with van der Waals surface area (Å²) in [6.07, 6.45) is 10.2. The van der Waals surface area contributed by atoms with Crippen molar-refractivity contribution < 1.29 is 13.2 Å². The van der Waals surface area contributed by atoms with Gasteiger partial charge in [-0.15, -0.1) is 0 Å². The first-order chi connectivity index (χ1) is 13.5. The average Bonchev–Trinajstić information content (AvgIpc) is 2.68. The van der Waals surface area contributed by atoms with Crippen molar-refractivity contribution in [2.75, 3.05) is 11.3 Å². The number of sulfonamides is 1. The summed E-state index contributed by atoms with van der Waals surface area (Å²) in [5, 5.41) is 0. The molecule has 0 bridgehead atoms. The Morgan fingerprint density at radius 1 is 0.786 bits per heavy atom. The van der Waals surface area contributed by atoms with Crippen molar-refractivity contribution in [1.29, 1.82) is 0 Å². The van der Waals surface area contributed by atoms with E-state index >= 15 is 0 Å². The molecule has 0 saturated heterocycles. The van der Waals surface area contributed by atoms with Crippen molar-refractivity contribution in [2.24, 2.45) is 0 Å². The predicted octanol–water partition coefficient (Wildman–Crippen LogP) is 6.32. The molecule has 0 atom stereocenters. The number of anilines is 1. The van der Waals surface area contributed by atoms with E-state index in [9.17, 15) is 8.42 Å². The summed E-state index contributed by atoms with van der Waals surface area (Å²) in [6.45, 7) is 4.86.